The summed E-state index contributed by atoms with van der Waals surface area (Å²) in [5, 5.41) is 0. The van der Waals surface area contributed by atoms with E-state index in [1.807, 2.05) is 0 Å². The molecule has 0 bridgehead atoms. The maximum atomic E-state index is 12.9. The van der Waals surface area contributed by atoms with Crippen molar-refractivity contribution >= 4 is 17.9 Å². The van der Waals surface area contributed by atoms with Gasteiger partial charge in [-0.2, -0.15) is 0 Å². The number of hydrogen-bond acceptors (Lipinski definition) is 6. The Morgan fingerprint density at radius 1 is 0.268 bits per heavy atom. The van der Waals surface area contributed by atoms with Crippen LogP contribution < -0.4 is 0 Å². The first-order valence-electron chi connectivity index (χ1n) is 32.4. The van der Waals surface area contributed by atoms with Gasteiger partial charge in [-0.1, -0.05) is 336 Å². The van der Waals surface area contributed by atoms with E-state index in [1.165, 1.54) is 270 Å². The van der Waals surface area contributed by atoms with E-state index in [4.69, 9.17) is 14.2 Å². The largest absolute Gasteiger partial charge is 0.462 e. The molecule has 0 spiro atoms. The van der Waals surface area contributed by atoms with Gasteiger partial charge in [-0.25, -0.2) is 0 Å². The van der Waals surface area contributed by atoms with Crippen molar-refractivity contribution in [1.82, 2.24) is 0 Å². The number of carbonyl (C=O) groups is 3. The fourth-order valence-electron chi connectivity index (χ4n) is 10.2. The Bertz CT molecular complexity index is 1070. The molecule has 0 aromatic heterocycles. The van der Waals surface area contributed by atoms with Gasteiger partial charge >= 0.3 is 17.9 Å². The molecule has 0 aliphatic heterocycles. The molecule has 0 amide bonds. The minimum Gasteiger partial charge on any atom is -0.462 e. The SMILES string of the molecule is CCCCCCCCCCCCCCCCCCCCC(=O)OC[C@@H](COC(=O)CCCCCCCCCCCCCCCC)OC(=O)CCCCCCCCCCCCCCCCCCCCC(C)C. The topological polar surface area (TPSA) is 78.9 Å². The zero-order valence-electron chi connectivity index (χ0n) is 48.7. The van der Waals surface area contributed by atoms with Gasteiger partial charge in [-0.05, 0) is 25.2 Å². The van der Waals surface area contributed by atoms with Crippen molar-refractivity contribution in [2.45, 2.75) is 381 Å². The van der Waals surface area contributed by atoms with E-state index < -0.39 is 6.10 Å². The molecular weight excluding hydrogens is 877 g/mol. The second-order valence-electron chi connectivity index (χ2n) is 22.9. The molecule has 71 heavy (non-hydrogen) atoms. The van der Waals surface area contributed by atoms with Crippen LogP contribution in [-0.4, -0.2) is 37.2 Å². The fourth-order valence-corrected chi connectivity index (χ4v) is 10.2. The van der Waals surface area contributed by atoms with Crippen LogP contribution in [0.15, 0.2) is 0 Å². The summed E-state index contributed by atoms with van der Waals surface area (Å²) >= 11 is 0. The van der Waals surface area contributed by atoms with E-state index in [9.17, 15) is 14.4 Å². The van der Waals surface area contributed by atoms with E-state index in [0.29, 0.717) is 19.3 Å². The molecule has 0 radical (unpaired) electrons. The molecule has 1 atom stereocenters. The highest BCUT2D eigenvalue weighted by molar-refractivity contribution is 5.71. The first kappa shape index (κ1) is 69.4. The zero-order chi connectivity index (χ0) is 51.6. The highest BCUT2D eigenvalue weighted by Gasteiger charge is 2.19. The minimum atomic E-state index is -0.763. The molecule has 0 N–H and O–H groups in total. The van der Waals surface area contributed by atoms with Crippen LogP contribution in [0, 0.1) is 5.92 Å². The lowest BCUT2D eigenvalue weighted by molar-refractivity contribution is -0.167. The highest BCUT2D eigenvalue weighted by Crippen LogP contribution is 2.19. The molecule has 0 aromatic rings. The predicted molar refractivity (Wildman–Crippen MR) is 307 cm³/mol. The van der Waals surface area contributed by atoms with Crippen molar-refractivity contribution in [1.29, 1.82) is 0 Å². The fraction of sp³-hybridized carbons (Fsp3) is 0.954. The summed E-state index contributed by atoms with van der Waals surface area (Å²) in [6.45, 7) is 9.10. The summed E-state index contributed by atoms with van der Waals surface area (Å²) in [5.74, 6) is 0.0320. The van der Waals surface area contributed by atoms with Gasteiger partial charge in [0.05, 0.1) is 0 Å². The van der Waals surface area contributed by atoms with E-state index in [-0.39, 0.29) is 31.1 Å². The van der Waals surface area contributed by atoms with E-state index in [2.05, 4.69) is 27.7 Å². The van der Waals surface area contributed by atoms with Crippen molar-refractivity contribution in [2.75, 3.05) is 13.2 Å². The van der Waals surface area contributed by atoms with E-state index >= 15 is 0 Å². The predicted octanol–water partition coefficient (Wildman–Crippen LogP) is 21.7. The quantitative estimate of drug-likeness (QED) is 0.0343. The molecule has 0 saturated carbocycles. The van der Waals surface area contributed by atoms with Crippen molar-refractivity contribution in [3.63, 3.8) is 0 Å². The third-order valence-electron chi connectivity index (χ3n) is 15.0. The molecule has 0 saturated heterocycles. The smallest absolute Gasteiger partial charge is 0.306 e. The molecule has 0 heterocycles. The Balaban J connectivity index is 4.26. The van der Waals surface area contributed by atoms with Crippen LogP contribution in [0.25, 0.3) is 0 Å². The van der Waals surface area contributed by atoms with Gasteiger partial charge in [0.15, 0.2) is 6.10 Å². The molecule has 0 fully saturated rings. The van der Waals surface area contributed by atoms with Gasteiger partial charge < -0.3 is 14.2 Å². The number of rotatable bonds is 60. The molecule has 6 heteroatoms. The monoisotopic (exact) mass is 1000 g/mol. The Kier molecular flexibility index (Phi) is 58.0. The Morgan fingerprint density at radius 3 is 0.690 bits per heavy atom. The van der Waals surface area contributed by atoms with Gasteiger partial charge in [0.2, 0.25) is 0 Å². The molecule has 0 rings (SSSR count). The third-order valence-corrected chi connectivity index (χ3v) is 15.0. The Hall–Kier alpha value is -1.59. The summed E-state index contributed by atoms with van der Waals surface area (Å²) in [5.41, 5.74) is 0. The average Bonchev–Trinajstić information content (AvgIpc) is 3.36. The number of esters is 3. The maximum Gasteiger partial charge on any atom is 0.306 e. The number of unbranched alkanes of at least 4 members (excludes halogenated alkanes) is 47. The summed E-state index contributed by atoms with van der Waals surface area (Å²) in [6, 6.07) is 0. The molecule has 6 nitrogen and oxygen atoms in total. The van der Waals surface area contributed by atoms with Crippen LogP contribution >= 0.6 is 0 Å². The number of hydrogen-bond donors (Lipinski definition) is 0. The van der Waals surface area contributed by atoms with Gasteiger partial charge in [0.25, 0.3) is 0 Å². The van der Waals surface area contributed by atoms with Crippen LogP contribution in [0.2, 0.25) is 0 Å². The lowest BCUT2D eigenvalue weighted by atomic mass is 10.0. The van der Waals surface area contributed by atoms with Crippen molar-refractivity contribution in [2.24, 2.45) is 5.92 Å². The number of ether oxygens (including phenoxy) is 3. The highest BCUT2D eigenvalue weighted by atomic mass is 16.6. The maximum absolute atomic E-state index is 12.9. The lowest BCUT2D eigenvalue weighted by Gasteiger charge is -2.18. The molecule has 0 unspecified atom stereocenters. The van der Waals surface area contributed by atoms with Gasteiger partial charge in [0.1, 0.15) is 13.2 Å². The normalized spacial score (nSPS) is 12.0. The van der Waals surface area contributed by atoms with Gasteiger partial charge in [-0.3, -0.25) is 14.4 Å². The average molecular weight is 1000 g/mol. The van der Waals surface area contributed by atoms with Gasteiger partial charge in [0, 0.05) is 19.3 Å². The first-order chi connectivity index (χ1) is 34.9. The second kappa shape index (κ2) is 59.3. The third kappa shape index (κ3) is 59.2. The first-order valence-corrected chi connectivity index (χ1v) is 32.4. The molecular formula is C65H126O6. The summed E-state index contributed by atoms with van der Waals surface area (Å²) in [7, 11) is 0. The molecule has 0 aliphatic carbocycles. The molecule has 0 aromatic carbocycles. The second-order valence-corrected chi connectivity index (χ2v) is 22.9. The Labute approximate surface area is 444 Å². The van der Waals surface area contributed by atoms with Crippen molar-refractivity contribution in [3.05, 3.63) is 0 Å². The summed E-state index contributed by atoms with van der Waals surface area (Å²) in [4.78, 5) is 38.3. The van der Waals surface area contributed by atoms with Crippen LogP contribution in [-0.2, 0) is 28.6 Å². The minimum absolute atomic E-state index is 0.0610. The molecule has 0 aliphatic rings. The summed E-state index contributed by atoms with van der Waals surface area (Å²) in [6.07, 6.45) is 66.8. The van der Waals surface area contributed by atoms with Gasteiger partial charge in [-0.15, -0.1) is 0 Å². The zero-order valence-corrected chi connectivity index (χ0v) is 48.7. The molecule has 422 valence electrons. The van der Waals surface area contributed by atoms with Crippen molar-refractivity contribution in [3.8, 4) is 0 Å². The summed E-state index contributed by atoms with van der Waals surface area (Å²) < 4.78 is 17.0. The van der Waals surface area contributed by atoms with E-state index in [1.54, 1.807) is 0 Å². The van der Waals surface area contributed by atoms with Crippen LogP contribution in [0.5, 0.6) is 0 Å². The van der Waals surface area contributed by atoms with Crippen LogP contribution in [0.1, 0.15) is 374 Å². The Morgan fingerprint density at radius 2 is 0.465 bits per heavy atom. The standard InChI is InChI=1S/C65H126O6/c1-5-7-9-11-13-15-17-19-21-22-26-29-33-37-41-45-49-53-57-64(67)70-60-62(59-69-63(66)56-52-48-44-40-36-32-20-18-16-14-12-10-8-6-2)71-65(68)58-54-50-46-42-38-34-30-27-24-23-25-28-31-35-39-43-47-51-55-61(3)4/h61-62H,5-60H2,1-4H3/t62-/m1/s1. The number of carbonyl (C=O) groups excluding carboxylic acids is 3. The van der Waals surface area contributed by atoms with Crippen molar-refractivity contribution < 1.29 is 28.6 Å². The van der Waals surface area contributed by atoms with Crippen LogP contribution in [0.3, 0.4) is 0 Å². The van der Waals surface area contributed by atoms with E-state index in [0.717, 1.165) is 63.7 Å². The lowest BCUT2D eigenvalue weighted by Crippen LogP contribution is -2.30. The van der Waals surface area contributed by atoms with Crippen LogP contribution in [0.4, 0.5) is 0 Å².